The average Bonchev–Trinajstić information content (AvgIpc) is 2.74. The van der Waals surface area contributed by atoms with Gasteiger partial charge in [0.2, 0.25) is 0 Å². The average molecular weight is 268 g/mol. The van der Waals surface area contributed by atoms with Crippen LogP contribution in [0.3, 0.4) is 0 Å². The summed E-state index contributed by atoms with van der Waals surface area (Å²) in [6.07, 6.45) is 2.40. The summed E-state index contributed by atoms with van der Waals surface area (Å²) in [5.41, 5.74) is 0.332. The van der Waals surface area contributed by atoms with E-state index in [0.29, 0.717) is 18.0 Å². The molecule has 1 saturated carbocycles. The van der Waals surface area contributed by atoms with Crippen molar-refractivity contribution in [3.63, 3.8) is 0 Å². The van der Waals surface area contributed by atoms with Crippen LogP contribution in [-0.2, 0) is 6.54 Å². The Hall–Kier alpha value is -1.53. The van der Waals surface area contributed by atoms with Gasteiger partial charge in [-0.1, -0.05) is 0 Å². The molecule has 104 valence electrons. The van der Waals surface area contributed by atoms with Gasteiger partial charge >= 0.3 is 0 Å². The van der Waals surface area contributed by atoms with Crippen LogP contribution in [0.15, 0.2) is 18.2 Å². The largest absolute Gasteiger partial charge is 0.393 e. The Morgan fingerprint density at radius 3 is 2.84 bits per heavy atom. The van der Waals surface area contributed by atoms with Gasteiger partial charge in [-0.2, -0.15) is 0 Å². The van der Waals surface area contributed by atoms with Gasteiger partial charge in [-0.3, -0.25) is 10.1 Å². The number of rotatable bonds is 5. The summed E-state index contributed by atoms with van der Waals surface area (Å²) in [5.74, 6) is -0.166. The van der Waals surface area contributed by atoms with Crippen molar-refractivity contribution in [1.82, 2.24) is 5.32 Å². The highest BCUT2D eigenvalue weighted by Crippen LogP contribution is 2.24. The maximum absolute atomic E-state index is 13.2. The van der Waals surface area contributed by atoms with Gasteiger partial charge in [-0.15, -0.1) is 0 Å². The maximum atomic E-state index is 13.2. The number of non-ortho nitro benzene ring substituents is 1. The predicted octanol–water partition coefficient (Wildman–Crippen LogP) is 1.98. The molecule has 0 aliphatic heterocycles. The zero-order valence-corrected chi connectivity index (χ0v) is 10.5. The number of hydrogen-bond acceptors (Lipinski definition) is 4. The van der Waals surface area contributed by atoms with Crippen molar-refractivity contribution in [3.8, 4) is 0 Å². The van der Waals surface area contributed by atoms with E-state index in [0.717, 1.165) is 31.9 Å². The van der Waals surface area contributed by atoms with Crippen LogP contribution in [0.25, 0.3) is 0 Å². The van der Waals surface area contributed by atoms with Crippen LogP contribution in [0.2, 0.25) is 0 Å². The molecule has 1 fully saturated rings. The van der Waals surface area contributed by atoms with Crippen molar-refractivity contribution < 1.29 is 14.4 Å². The molecule has 1 aromatic rings. The van der Waals surface area contributed by atoms with E-state index in [9.17, 15) is 19.6 Å². The SMILES string of the molecule is O=[N+]([O-])c1cc(F)cc(CNCC2CCC(O)C2)c1. The molecule has 1 aliphatic carbocycles. The van der Waals surface area contributed by atoms with E-state index in [4.69, 9.17) is 0 Å². The lowest BCUT2D eigenvalue weighted by Crippen LogP contribution is -2.21. The third-order valence-electron chi connectivity index (χ3n) is 3.43. The second kappa shape index (κ2) is 6.08. The molecular formula is C13H17FN2O3. The van der Waals surface area contributed by atoms with Gasteiger partial charge in [0.15, 0.2) is 0 Å². The first-order chi connectivity index (χ1) is 9.04. The van der Waals surface area contributed by atoms with Crippen LogP contribution in [0.5, 0.6) is 0 Å². The van der Waals surface area contributed by atoms with Crippen molar-refractivity contribution in [2.75, 3.05) is 6.54 Å². The first-order valence-electron chi connectivity index (χ1n) is 6.37. The van der Waals surface area contributed by atoms with E-state index in [1.807, 2.05) is 0 Å². The van der Waals surface area contributed by atoms with Gasteiger partial charge in [-0.05, 0) is 43.4 Å². The molecule has 6 heteroatoms. The molecule has 0 aromatic heterocycles. The van der Waals surface area contributed by atoms with E-state index in [-0.39, 0.29) is 11.8 Å². The minimum absolute atomic E-state index is 0.206. The van der Waals surface area contributed by atoms with E-state index in [2.05, 4.69) is 5.32 Å². The van der Waals surface area contributed by atoms with Gasteiger partial charge in [0.25, 0.3) is 5.69 Å². The predicted molar refractivity (Wildman–Crippen MR) is 68.1 cm³/mol. The van der Waals surface area contributed by atoms with Gasteiger partial charge in [0.1, 0.15) is 5.82 Å². The standard InChI is InChI=1S/C13H17FN2O3/c14-11-3-10(4-12(6-11)16(18)19)8-15-7-9-1-2-13(17)5-9/h3-4,6,9,13,15,17H,1-2,5,7-8H2. The molecule has 0 bridgehead atoms. The normalized spacial score (nSPS) is 22.6. The minimum Gasteiger partial charge on any atom is -0.393 e. The zero-order chi connectivity index (χ0) is 13.8. The van der Waals surface area contributed by atoms with Crippen molar-refractivity contribution in [2.24, 2.45) is 5.92 Å². The van der Waals surface area contributed by atoms with E-state index < -0.39 is 10.7 Å². The minimum atomic E-state index is -0.597. The Labute approximate surface area is 110 Å². The number of hydrogen-bond donors (Lipinski definition) is 2. The first-order valence-corrected chi connectivity index (χ1v) is 6.37. The molecule has 1 aromatic carbocycles. The summed E-state index contributed by atoms with van der Waals surface area (Å²) in [6.45, 7) is 1.13. The molecule has 0 amide bonds. The molecule has 5 nitrogen and oxygen atoms in total. The number of aliphatic hydroxyl groups excluding tert-OH is 1. The van der Waals surface area contributed by atoms with Crippen LogP contribution < -0.4 is 5.32 Å². The van der Waals surface area contributed by atoms with E-state index in [1.165, 1.54) is 12.1 Å². The molecule has 2 rings (SSSR count). The summed E-state index contributed by atoms with van der Waals surface area (Å²) in [6, 6.07) is 3.58. The van der Waals surface area contributed by atoms with Crippen LogP contribution in [-0.4, -0.2) is 22.7 Å². The fourth-order valence-corrected chi connectivity index (χ4v) is 2.50. The number of aliphatic hydroxyl groups is 1. The number of nitrogens with zero attached hydrogens (tertiary/aromatic N) is 1. The lowest BCUT2D eigenvalue weighted by Gasteiger charge is -2.10. The fourth-order valence-electron chi connectivity index (χ4n) is 2.50. The first kappa shape index (κ1) is 13.9. The summed E-state index contributed by atoms with van der Waals surface area (Å²) < 4.78 is 13.2. The lowest BCUT2D eigenvalue weighted by atomic mass is 10.1. The summed E-state index contributed by atoms with van der Waals surface area (Å²) in [7, 11) is 0. The Morgan fingerprint density at radius 1 is 1.42 bits per heavy atom. The Kier molecular flexibility index (Phi) is 4.44. The maximum Gasteiger partial charge on any atom is 0.272 e. The van der Waals surface area contributed by atoms with Gasteiger partial charge in [0.05, 0.1) is 17.1 Å². The highest BCUT2D eigenvalue weighted by Gasteiger charge is 2.22. The van der Waals surface area contributed by atoms with Crippen molar-refractivity contribution in [2.45, 2.75) is 31.9 Å². The molecule has 2 atom stereocenters. The molecular weight excluding hydrogens is 251 g/mol. The van der Waals surface area contributed by atoms with E-state index >= 15 is 0 Å². The quantitative estimate of drug-likeness (QED) is 0.632. The third kappa shape index (κ3) is 3.97. The van der Waals surface area contributed by atoms with Gasteiger partial charge in [-0.25, -0.2) is 4.39 Å². The summed E-state index contributed by atoms with van der Waals surface area (Å²) >= 11 is 0. The van der Waals surface area contributed by atoms with E-state index in [1.54, 1.807) is 0 Å². The topological polar surface area (TPSA) is 75.4 Å². The monoisotopic (exact) mass is 268 g/mol. The Morgan fingerprint density at radius 2 is 2.21 bits per heavy atom. The number of halogens is 1. The lowest BCUT2D eigenvalue weighted by molar-refractivity contribution is -0.385. The number of benzene rings is 1. The molecule has 19 heavy (non-hydrogen) atoms. The molecule has 2 N–H and O–H groups in total. The van der Waals surface area contributed by atoms with Crippen LogP contribution in [0.4, 0.5) is 10.1 Å². The summed E-state index contributed by atoms with van der Waals surface area (Å²) in [5, 5.41) is 23.2. The van der Waals surface area contributed by atoms with Crippen molar-refractivity contribution in [1.29, 1.82) is 0 Å². The highest BCUT2D eigenvalue weighted by molar-refractivity contribution is 5.35. The summed E-state index contributed by atoms with van der Waals surface area (Å²) in [4.78, 5) is 10.0. The van der Waals surface area contributed by atoms with Crippen LogP contribution >= 0.6 is 0 Å². The fraction of sp³-hybridized carbons (Fsp3) is 0.538. The van der Waals surface area contributed by atoms with Gasteiger partial charge in [0, 0.05) is 12.6 Å². The molecule has 0 spiro atoms. The molecule has 0 saturated heterocycles. The van der Waals surface area contributed by atoms with Crippen molar-refractivity contribution >= 4 is 5.69 Å². The smallest absolute Gasteiger partial charge is 0.272 e. The van der Waals surface area contributed by atoms with Crippen molar-refractivity contribution in [3.05, 3.63) is 39.7 Å². The second-order valence-electron chi connectivity index (χ2n) is 5.04. The Balaban J connectivity index is 1.87. The number of nitrogens with one attached hydrogen (secondary N) is 1. The molecule has 2 unspecified atom stereocenters. The number of nitro groups is 1. The second-order valence-corrected chi connectivity index (χ2v) is 5.04. The molecule has 0 radical (unpaired) electrons. The number of nitro benzene ring substituents is 1. The zero-order valence-electron chi connectivity index (χ0n) is 10.5. The van der Waals surface area contributed by atoms with Gasteiger partial charge < -0.3 is 10.4 Å². The molecule has 1 aliphatic rings. The third-order valence-corrected chi connectivity index (χ3v) is 3.43. The molecule has 0 heterocycles. The van der Waals surface area contributed by atoms with Crippen LogP contribution in [0.1, 0.15) is 24.8 Å². The Bertz CT molecular complexity index is 467. The van der Waals surface area contributed by atoms with Crippen LogP contribution in [0, 0.1) is 21.8 Å². The highest BCUT2D eigenvalue weighted by atomic mass is 19.1.